The van der Waals surface area contributed by atoms with Crippen molar-refractivity contribution in [1.29, 1.82) is 0 Å². The molecule has 2 N–H and O–H groups in total. The Morgan fingerprint density at radius 2 is 2.11 bits per heavy atom. The summed E-state index contributed by atoms with van der Waals surface area (Å²) in [6.45, 7) is 3.67. The Morgan fingerprint density at radius 3 is 2.61 bits per heavy atom. The van der Waals surface area contributed by atoms with Crippen molar-refractivity contribution < 1.29 is 23.3 Å². The lowest BCUT2D eigenvalue weighted by Gasteiger charge is -2.07. The molecule has 1 heterocycles. The minimum absolute atomic E-state index is 0.0353. The van der Waals surface area contributed by atoms with Gasteiger partial charge >= 0.3 is 5.97 Å². The van der Waals surface area contributed by atoms with Crippen molar-refractivity contribution in [2.24, 2.45) is 0 Å². The number of hydrogen-bond donors (Lipinski definition) is 2. The molecule has 1 aromatic heterocycles. The molecule has 6 nitrogen and oxygen atoms in total. The summed E-state index contributed by atoms with van der Waals surface area (Å²) in [5, 5.41) is 11.4. The van der Waals surface area contributed by atoms with Crippen molar-refractivity contribution >= 4 is 22.7 Å². The van der Waals surface area contributed by atoms with Gasteiger partial charge in [0.05, 0.1) is 10.8 Å². The normalized spacial score (nSPS) is 12.4. The molecular formula is C11H15NO5S. The molecule has 0 fully saturated rings. The summed E-state index contributed by atoms with van der Waals surface area (Å²) in [4.78, 5) is 21.9. The van der Waals surface area contributed by atoms with Crippen molar-refractivity contribution in [3.05, 3.63) is 17.9 Å². The number of hydrogen-bond acceptors (Lipinski definition) is 4. The molecule has 1 amide bonds. The van der Waals surface area contributed by atoms with E-state index in [1.165, 1.54) is 12.1 Å². The Kier molecular flexibility index (Phi) is 5.08. The first-order valence-corrected chi connectivity index (χ1v) is 6.73. The quantitative estimate of drug-likeness (QED) is 0.806. The average Bonchev–Trinajstić information content (AvgIpc) is 2.74. The fourth-order valence-corrected chi connectivity index (χ4v) is 2.21. The zero-order valence-electron chi connectivity index (χ0n) is 10.1. The van der Waals surface area contributed by atoms with E-state index in [2.05, 4.69) is 5.32 Å². The van der Waals surface area contributed by atoms with Gasteiger partial charge in [-0.05, 0) is 26.0 Å². The van der Waals surface area contributed by atoms with Crippen molar-refractivity contribution in [3.8, 4) is 0 Å². The van der Waals surface area contributed by atoms with Crippen LogP contribution in [-0.4, -0.2) is 33.0 Å². The Morgan fingerprint density at radius 1 is 1.44 bits per heavy atom. The van der Waals surface area contributed by atoms with Gasteiger partial charge in [0.25, 0.3) is 0 Å². The molecule has 0 saturated heterocycles. The monoisotopic (exact) mass is 273 g/mol. The molecule has 100 valence electrons. The van der Waals surface area contributed by atoms with E-state index in [9.17, 15) is 13.8 Å². The van der Waals surface area contributed by atoms with Crippen LogP contribution in [0.1, 0.15) is 30.8 Å². The lowest BCUT2D eigenvalue weighted by Crippen LogP contribution is -2.30. The van der Waals surface area contributed by atoms with Crippen LogP contribution in [0.4, 0.5) is 0 Å². The van der Waals surface area contributed by atoms with Crippen molar-refractivity contribution in [3.63, 3.8) is 0 Å². The SMILES string of the molecule is CC(C)NC(=O)CCS(=O)c1ccc(C(=O)O)o1. The van der Waals surface area contributed by atoms with Crippen LogP contribution in [0.3, 0.4) is 0 Å². The second kappa shape index (κ2) is 6.34. The standard InChI is InChI=1S/C11H15NO5S/c1-7(2)12-9(13)5-6-18(16)10-4-3-8(17-10)11(14)15/h3-4,7H,5-6H2,1-2H3,(H,12,13)(H,14,15). The zero-order valence-corrected chi connectivity index (χ0v) is 11.0. The van der Waals surface area contributed by atoms with E-state index in [4.69, 9.17) is 9.52 Å². The number of furan rings is 1. The van der Waals surface area contributed by atoms with Gasteiger partial charge in [0.1, 0.15) is 0 Å². The second-order valence-corrected chi connectivity index (χ2v) is 5.45. The highest BCUT2D eigenvalue weighted by atomic mass is 32.2. The maximum absolute atomic E-state index is 11.7. The summed E-state index contributed by atoms with van der Waals surface area (Å²) in [6.07, 6.45) is 0.105. The summed E-state index contributed by atoms with van der Waals surface area (Å²) in [7, 11) is -1.51. The molecule has 1 aromatic rings. The first kappa shape index (κ1) is 14.4. The maximum atomic E-state index is 11.7. The third-order valence-electron chi connectivity index (χ3n) is 1.98. The minimum atomic E-state index is -1.51. The zero-order chi connectivity index (χ0) is 13.7. The lowest BCUT2D eigenvalue weighted by molar-refractivity contribution is -0.121. The molecule has 0 saturated carbocycles. The molecule has 18 heavy (non-hydrogen) atoms. The van der Waals surface area contributed by atoms with E-state index < -0.39 is 16.8 Å². The molecule has 0 aliphatic heterocycles. The van der Waals surface area contributed by atoms with Gasteiger partial charge in [-0.25, -0.2) is 4.79 Å². The van der Waals surface area contributed by atoms with Gasteiger partial charge in [-0.3, -0.25) is 9.00 Å². The Hall–Kier alpha value is -1.63. The molecule has 1 unspecified atom stereocenters. The molecule has 0 spiro atoms. The maximum Gasteiger partial charge on any atom is 0.371 e. The van der Waals surface area contributed by atoms with Crippen LogP contribution in [-0.2, 0) is 15.6 Å². The van der Waals surface area contributed by atoms with Gasteiger partial charge in [-0.15, -0.1) is 0 Å². The Bertz CT molecular complexity index is 466. The number of aromatic carboxylic acids is 1. The van der Waals surface area contributed by atoms with E-state index in [-0.39, 0.29) is 35.0 Å². The number of rotatable bonds is 6. The number of amides is 1. The van der Waals surface area contributed by atoms with Gasteiger partial charge < -0.3 is 14.8 Å². The van der Waals surface area contributed by atoms with Crippen LogP contribution in [0.5, 0.6) is 0 Å². The van der Waals surface area contributed by atoms with Gasteiger partial charge in [0.2, 0.25) is 11.7 Å². The third-order valence-corrected chi connectivity index (χ3v) is 3.22. The summed E-state index contributed by atoms with van der Waals surface area (Å²) in [6, 6.07) is 2.62. The fourth-order valence-electron chi connectivity index (χ4n) is 1.24. The average molecular weight is 273 g/mol. The van der Waals surface area contributed by atoms with E-state index in [0.717, 1.165) is 0 Å². The van der Waals surface area contributed by atoms with E-state index in [1.54, 1.807) is 0 Å². The summed E-state index contributed by atoms with van der Waals surface area (Å²) < 4.78 is 16.6. The van der Waals surface area contributed by atoms with Crippen LogP contribution in [0, 0.1) is 0 Å². The van der Waals surface area contributed by atoms with Crippen molar-refractivity contribution in [1.82, 2.24) is 5.32 Å². The van der Waals surface area contributed by atoms with Crippen LogP contribution in [0.25, 0.3) is 0 Å². The van der Waals surface area contributed by atoms with Crippen molar-refractivity contribution in [2.45, 2.75) is 31.4 Å². The predicted octanol–water partition coefficient (Wildman–Crippen LogP) is 1.00. The Labute approximate surface area is 107 Å². The second-order valence-electron chi connectivity index (χ2n) is 3.95. The van der Waals surface area contributed by atoms with E-state index in [0.29, 0.717) is 0 Å². The first-order valence-electron chi connectivity index (χ1n) is 5.41. The van der Waals surface area contributed by atoms with Gasteiger partial charge in [0, 0.05) is 18.2 Å². The minimum Gasteiger partial charge on any atom is -0.475 e. The smallest absolute Gasteiger partial charge is 0.371 e. The van der Waals surface area contributed by atoms with E-state index in [1.807, 2.05) is 13.8 Å². The number of carbonyl (C=O) groups is 2. The van der Waals surface area contributed by atoms with Crippen LogP contribution < -0.4 is 5.32 Å². The van der Waals surface area contributed by atoms with Gasteiger partial charge in [-0.1, -0.05) is 0 Å². The predicted molar refractivity (Wildman–Crippen MR) is 64.8 cm³/mol. The van der Waals surface area contributed by atoms with Crippen LogP contribution in [0.15, 0.2) is 21.6 Å². The molecule has 0 aromatic carbocycles. The summed E-state index contributed by atoms with van der Waals surface area (Å²) in [5.74, 6) is -1.56. The third kappa shape index (κ3) is 4.33. The molecule has 1 rings (SSSR count). The van der Waals surface area contributed by atoms with Crippen LogP contribution in [0.2, 0.25) is 0 Å². The van der Waals surface area contributed by atoms with Gasteiger partial charge in [0.15, 0.2) is 5.09 Å². The molecular weight excluding hydrogens is 258 g/mol. The molecule has 7 heteroatoms. The first-order chi connectivity index (χ1) is 8.40. The summed E-state index contributed by atoms with van der Waals surface area (Å²) in [5.41, 5.74) is 0. The molecule has 0 radical (unpaired) electrons. The number of carbonyl (C=O) groups excluding carboxylic acids is 1. The van der Waals surface area contributed by atoms with Crippen molar-refractivity contribution in [2.75, 3.05) is 5.75 Å². The lowest BCUT2D eigenvalue weighted by atomic mass is 10.3. The largest absolute Gasteiger partial charge is 0.475 e. The molecule has 0 aliphatic carbocycles. The fraction of sp³-hybridized carbons (Fsp3) is 0.455. The number of carboxylic acids is 1. The highest BCUT2D eigenvalue weighted by Gasteiger charge is 2.15. The van der Waals surface area contributed by atoms with Gasteiger partial charge in [-0.2, -0.15) is 0 Å². The van der Waals surface area contributed by atoms with Crippen LogP contribution >= 0.6 is 0 Å². The highest BCUT2D eigenvalue weighted by Crippen LogP contribution is 2.13. The van der Waals surface area contributed by atoms with E-state index >= 15 is 0 Å². The summed E-state index contributed by atoms with van der Waals surface area (Å²) >= 11 is 0. The Balaban J connectivity index is 2.50. The topological polar surface area (TPSA) is 96.6 Å². The number of carboxylic acid groups (broad SMARTS) is 1. The molecule has 0 bridgehead atoms. The molecule has 1 atom stereocenters. The molecule has 0 aliphatic rings. The highest BCUT2D eigenvalue weighted by molar-refractivity contribution is 7.84. The number of nitrogens with one attached hydrogen (secondary N) is 1.